The molecule has 1 atom stereocenters. The van der Waals surface area contributed by atoms with Gasteiger partial charge in [0.1, 0.15) is 12.6 Å². The molecule has 2 amide bonds. The molecule has 41 heavy (non-hydrogen) atoms. The van der Waals surface area contributed by atoms with Gasteiger partial charge in [-0.05, 0) is 54.8 Å². The molecule has 12 heteroatoms. The number of rotatable bonds is 14. The molecule has 3 aromatic rings. The molecule has 0 saturated carbocycles. The molecular weight excluding hydrogens is 568 g/mol. The molecule has 0 aliphatic rings. The van der Waals surface area contributed by atoms with E-state index in [0.29, 0.717) is 23.6 Å². The molecule has 0 bridgehead atoms. The molecule has 0 saturated heterocycles. The number of nitro benzene ring substituents is 1. The predicted molar refractivity (Wildman–Crippen MR) is 158 cm³/mol. The van der Waals surface area contributed by atoms with E-state index in [1.54, 1.807) is 49.4 Å². The summed E-state index contributed by atoms with van der Waals surface area (Å²) in [5.74, 6) is -0.952. The normalized spacial score (nSPS) is 11.9. The molecule has 0 aliphatic heterocycles. The Balaban J connectivity index is 2.03. The quantitative estimate of drug-likeness (QED) is 0.154. The van der Waals surface area contributed by atoms with Crippen molar-refractivity contribution in [1.29, 1.82) is 0 Å². The fourth-order valence-corrected chi connectivity index (χ4v) is 5.76. The highest BCUT2D eigenvalue weighted by Crippen LogP contribution is 2.27. The Kier molecular flexibility index (Phi) is 11.2. The summed E-state index contributed by atoms with van der Waals surface area (Å²) in [7, 11) is -4.27. The van der Waals surface area contributed by atoms with E-state index in [1.807, 2.05) is 6.92 Å². The van der Waals surface area contributed by atoms with Gasteiger partial charge in [-0.3, -0.25) is 24.0 Å². The SMILES string of the molecule is CCCCNC(=O)C(CC)N(Cc1ccc(Cl)cc1)C(=O)CN(c1ccc([N+](=O)[O-])cc1)S(=O)(=O)c1ccccc1. The van der Waals surface area contributed by atoms with Crippen LogP contribution in [0.25, 0.3) is 0 Å². The average molecular weight is 601 g/mol. The molecule has 3 aromatic carbocycles. The number of nitro groups is 1. The van der Waals surface area contributed by atoms with Crippen molar-refractivity contribution in [2.45, 2.75) is 50.6 Å². The van der Waals surface area contributed by atoms with Gasteiger partial charge in [-0.2, -0.15) is 0 Å². The predicted octanol–water partition coefficient (Wildman–Crippen LogP) is 5.17. The molecule has 1 unspecified atom stereocenters. The summed E-state index contributed by atoms with van der Waals surface area (Å²) in [6, 6.07) is 18.4. The third-order valence-electron chi connectivity index (χ3n) is 6.44. The van der Waals surface area contributed by atoms with Crippen molar-refractivity contribution < 1.29 is 22.9 Å². The van der Waals surface area contributed by atoms with Crippen molar-refractivity contribution >= 4 is 44.8 Å². The molecule has 0 radical (unpaired) electrons. The highest BCUT2D eigenvalue weighted by Gasteiger charge is 2.33. The number of benzene rings is 3. The summed E-state index contributed by atoms with van der Waals surface area (Å²) in [4.78, 5) is 39.1. The lowest BCUT2D eigenvalue weighted by Gasteiger charge is -2.33. The summed E-state index contributed by atoms with van der Waals surface area (Å²) in [5.41, 5.74) is 0.548. The molecule has 0 aromatic heterocycles. The Morgan fingerprint density at radius 1 is 0.976 bits per heavy atom. The first-order valence-electron chi connectivity index (χ1n) is 13.2. The molecule has 0 heterocycles. The zero-order chi connectivity index (χ0) is 30.0. The lowest BCUT2D eigenvalue weighted by molar-refractivity contribution is -0.384. The van der Waals surface area contributed by atoms with Gasteiger partial charge in [-0.25, -0.2) is 8.42 Å². The molecule has 0 aliphatic carbocycles. The third-order valence-corrected chi connectivity index (χ3v) is 8.48. The number of unbranched alkanes of at least 4 members (excludes halogenated alkanes) is 1. The van der Waals surface area contributed by atoms with Crippen LogP contribution in [0, 0.1) is 10.1 Å². The van der Waals surface area contributed by atoms with Gasteiger partial charge in [0, 0.05) is 30.2 Å². The Hall–Kier alpha value is -3.96. The highest BCUT2D eigenvalue weighted by atomic mass is 35.5. The van der Waals surface area contributed by atoms with E-state index in [-0.39, 0.29) is 28.7 Å². The minimum absolute atomic E-state index is 0.0369. The molecule has 0 spiro atoms. The molecular formula is C29H33ClN4O6S. The first kappa shape index (κ1) is 31.6. The summed E-state index contributed by atoms with van der Waals surface area (Å²) < 4.78 is 28.5. The third kappa shape index (κ3) is 8.27. The monoisotopic (exact) mass is 600 g/mol. The number of halogens is 1. The van der Waals surface area contributed by atoms with Gasteiger partial charge >= 0.3 is 0 Å². The van der Waals surface area contributed by atoms with E-state index in [1.165, 1.54) is 41.3 Å². The number of nitrogens with zero attached hydrogens (tertiary/aromatic N) is 3. The van der Waals surface area contributed by atoms with Crippen molar-refractivity contribution in [2.24, 2.45) is 0 Å². The number of sulfonamides is 1. The maximum absolute atomic E-state index is 14.0. The van der Waals surface area contributed by atoms with Gasteiger partial charge in [-0.1, -0.05) is 62.2 Å². The van der Waals surface area contributed by atoms with Crippen molar-refractivity contribution in [2.75, 3.05) is 17.4 Å². The second kappa shape index (κ2) is 14.6. The Bertz CT molecular complexity index is 1430. The topological polar surface area (TPSA) is 130 Å². The van der Waals surface area contributed by atoms with Crippen LogP contribution in [0.15, 0.2) is 83.8 Å². The Morgan fingerprint density at radius 3 is 2.17 bits per heavy atom. The number of nitrogens with one attached hydrogen (secondary N) is 1. The maximum Gasteiger partial charge on any atom is 0.269 e. The second-order valence-electron chi connectivity index (χ2n) is 9.31. The highest BCUT2D eigenvalue weighted by molar-refractivity contribution is 7.92. The number of non-ortho nitro benzene ring substituents is 1. The number of amides is 2. The Morgan fingerprint density at radius 2 is 1.61 bits per heavy atom. The zero-order valence-corrected chi connectivity index (χ0v) is 24.5. The summed E-state index contributed by atoms with van der Waals surface area (Å²) in [5, 5.41) is 14.6. The number of hydrogen-bond acceptors (Lipinski definition) is 6. The lowest BCUT2D eigenvalue weighted by Crippen LogP contribution is -2.52. The van der Waals surface area contributed by atoms with Crippen molar-refractivity contribution in [3.8, 4) is 0 Å². The van der Waals surface area contributed by atoms with Crippen molar-refractivity contribution in [3.63, 3.8) is 0 Å². The fraction of sp³-hybridized carbons (Fsp3) is 0.310. The molecule has 0 fully saturated rings. The van der Waals surface area contributed by atoms with E-state index in [9.17, 15) is 28.1 Å². The van der Waals surface area contributed by atoms with Crippen LogP contribution in [-0.4, -0.2) is 49.2 Å². The molecule has 218 valence electrons. The van der Waals surface area contributed by atoms with Crippen molar-refractivity contribution in [1.82, 2.24) is 10.2 Å². The maximum atomic E-state index is 14.0. The zero-order valence-electron chi connectivity index (χ0n) is 22.9. The van der Waals surface area contributed by atoms with Crippen LogP contribution in [0.5, 0.6) is 0 Å². The van der Waals surface area contributed by atoms with Crippen LogP contribution in [-0.2, 0) is 26.2 Å². The van der Waals surface area contributed by atoms with Gasteiger partial charge < -0.3 is 10.2 Å². The van der Waals surface area contributed by atoms with Gasteiger partial charge in [0.25, 0.3) is 15.7 Å². The van der Waals surface area contributed by atoms with Crippen LogP contribution in [0.4, 0.5) is 11.4 Å². The van der Waals surface area contributed by atoms with E-state index in [2.05, 4.69) is 5.32 Å². The average Bonchev–Trinajstić information content (AvgIpc) is 2.97. The molecule has 10 nitrogen and oxygen atoms in total. The lowest BCUT2D eigenvalue weighted by atomic mass is 10.1. The minimum Gasteiger partial charge on any atom is -0.354 e. The number of carbonyl (C=O) groups excluding carboxylic acids is 2. The van der Waals surface area contributed by atoms with Crippen LogP contribution < -0.4 is 9.62 Å². The first-order valence-corrected chi connectivity index (χ1v) is 15.0. The largest absolute Gasteiger partial charge is 0.354 e. The molecule has 1 N–H and O–H groups in total. The van der Waals surface area contributed by atoms with Gasteiger partial charge in [0.2, 0.25) is 11.8 Å². The van der Waals surface area contributed by atoms with E-state index in [4.69, 9.17) is 11.6 Å². The van der Waals surface area contributed by atoms with Crippen LogP contribution in [0.3, 0.4) is 0 Å². The number of carbonyl (C=O) groups is 2. The minimum atomic E-state index is -4.27. The summed E-state index contributed by atoms with van der Waals surface area (Å²) in [6.07, 6.45) is 1.95. The van der Waals surface area contributed by atoms with Gasteiger partial charge in [-0.15, -0.1) is 0 Å². The second-order valence-corrected chi connectivity index (χ2v) is 11.6. The standard InChI is InChI=1S/C29H33ClN4O6S/c1-3-5-19-31-29(36)27(4-2)32(20-22-11-13-23(30)14-12-22)28(35)21-33(24-15-17-25(18-16-24)34(37)38)41(39,40)26-9-7-6-8-10-26/h6-18,27H,3-5,19-21H2,1-2H3,(H,31,36). The van der Waals surface area contributed by atoms with Crippen LogP contribution >= 0.6 is 11.6 Å². The number of anilines is 1. The van der Waals surface area contributed by atoms with Gasteiger partial charge in [0.15, 0.2) is 0 Å². The van der Waals surface area contributed by atoms with Crippen LogP contribution in [0.2, 0.25) is 5.02 Å². The van der Waals surface area contributed by atoms with Crippen molar-refractivity contribution in [3.05, 3.63) is 99.6 Å². The summed E-state index contributed by atoms with van der Waals surface area (Å²) >= 11 is 6.04. The van der Waals surface area contributed by atoms with E-state index in [0.717, 1.165) is 17.1 Å². The Labute approximate surface area is 245 Å². The summed E-state index contributed by atoms with van der Waals surface area (Å²) in [6.45, 7) is 3.63. The van der Waals surface area contributed by atoms with E-state index < -0.39 is 33.4 Å². The first-order chi connectivity index (χ1) is 19.6. The smallest absolute Gasteiger partial charge is 0.269 e. The fourth-order valence-electron chi connectivity index (χ4n) is 4.20. The number of hydrogen-bond donors (Lipinski definition) is 1. The van der Waals surface area contributed by atoms with E-state index >= 15 is 0 Å². The van der Waals surface area contributed by atoms with Crippen LogP contribution in [0.1, 0.15) is 38.7 Å². The van der Waals surface area contributed by atoms with Gasteiger partial charge in [0.05, 0.1) is 15.5 Å². The molecule has 3 rings (SSSR count).